The second-order valence-corrected chi connectivity index (χ2v) is 9.53. The molecule has 4 rings (SSSR count). The van der Waals surface area contributed by atoms with Crippen LogP contribution in [0.5, 0.6) is 5.75 Å². The summed E-state index contributed by atoms with van der Waals surface area (Å²) in [5.74, 6) is 1.96. The van der Waals surface area contributed by atoms with Crippen LogP contribution in [-0.4, -0.2) is 45.0 Å². The number of aliphatic hydroxyl groups excluding tert-OH is 1. The zero-order valence-corrected chi connectivity index (χ0v) is 22.4. The van der Waals surface area contributed by atoms with E-state index < -0.39 is 6.10 Å². The molecule has 1 aliphatic heterocycles. The average Bonchev–Trinajstić information content (AvgIpc) is 3.33. The molecule has 0 amide bonds. The van der Waals surface area contributed by atoms with Crippen molar-refractivity contribution in [2.75, 3.05) is 18.6 Å². The van der Waals surface area contributed by atoms with Gasteiger partial charge in [0.1, 0.15) is 23.3 Å². The summed E-state index contributed by atoms with van der Waals surface area (Å²) in [7, 11) is 1.80. The van der Waals surface area contributed by atoms with Crippen molar-refractivity contribution >= 4 is 28.3 Å². The van der Waals surface area contributed by atoms with Crippen LogP contribution < -0.4 is 15.0 Å². The van der Waals surface area contributed by atoms with Crippen molar-refractivity contribution in [2.45, 2.75) is 52.8 Å². The fraction of sp³-hybridized carbons (Fsp3) is 0.357. The van der Waals surface area contributed by atoms with Gasteiger partial charge in [-0.3, -0.25) is 10.4 Å². The lowest BCUT2D eigenvalue weighted by molar-refractivity contribution is 0.0994. The molecule has 2 aromatic heterocycles. The molecule has 1 atom stereocenters. The summed E-state index contributed by atoms with van der Waals surface area (Å²) < 4.78 is 5.86. The van der Waals surface area contributed by atoms with Gasteiger partial charge in [-0.2, -0.15) is 0 Å². The van der Waals surface area contributed by atoms with Crippen molar-refractivity contribution in [1.82, 2.24) is 20.3 Å². The minimum Gasteiger partial charge on any atom is -0.491 e. The van der Waals surface area contributed by atoms with Gasteiger partial charge < -0.3 is 20.1 Å². The SMILES string of the molecule is CCC[C@@H](O)COc1cccc(-c2nc(/C(NC)=C(\C)C(=N)Cl)c(C)c(N3Cc4cccnc4C3)n2)c1. The zero-order valence-electron chi connectivity index (χ0n) is 21.7. The first-order valence-corrected chi connectivity index (χ1v) is 12.8. The number of ether oxygens (including phenoxy) is 1. The minimum absolute atomic E-state index is 0.0516. The normalized spacial score (nSPS) is 14.2. The molecule has 3 heterocycles. The molecular formula is C28H33ClN6O2. The molecule has 9 heteroatoms. The summed E-state index contributed by atoms with van der Waals surface area (Å²) in [6.45, 7) is 7.39. The summed E-state index contributed by atoms with van der Waals surface area (Å²) in [4.78, 5) is 16.7. The molecule has 0 saturated carbocycles. The van der Waals surface area contributed by atoms with Gasteiger partial charge in [-0.15, -0.1) is 0 Å². The smallest absolute Gasteiger partial charge is 0.162 e. The molecule has 1 aliphatic rings. The van der Waals surface area contributed by atoms with E-state index >= 15 is 0 Å². The van der Waals surface area contributed by atoms with Gasteiger partial charge in [0.05, 0.1) is 29.7 Å². The van der Waals surface area contributed by atoms with E-state index in [4.69, 9.17) is 31.7 Å². The molecule has 3 aromatic rings. The Morgan fingerprint density at radius 3 is 2.76 bits per heavy atom. The molecule has 0 aliphatic carbocycles. The molecule has 0 bridgehead atoms. The number of nitrogens with zero attached hydrogens (tertiary/aromatic N) is 4. The number of halogens is 1. The van der Waals surface area contributed by atoms with Gasteiger partial charge in [-0.1, -0.05) is 43.1 Å². The summed E-state index contributed by atoms with van der Waals surface area (Å²) in [5, 5.41) is 21.2. The van der Waals surface area contributed by atoms with Crippen LogP contribution in [0.15, 0.2) is 48.2 Å². The lowest BCUT2D eigenvalue weighted by Crippen LogP contribution is -2.21. The van der Waals surface area contributed by atoms with Gasteiger partial charge in [-0.05, 0) is 44.0 Å². The second-order valence-electron chi connectivity index (χ2n) is 9.16. The molecule has 3 N–H and O–H groups in total. The van der Waals surface area contributed by atoms with Gasteiger partial charge in [0.2, 0.25) is 0 Å². The van der Waals surface area contributed by atoms with Crippen molar-refractivity contribution in [2.24, 2.45) is 0 Å². The van der Waals surface area contributed by atoms with Crippen LogP contribution in [0.25, 0.3) is 17.1 Å². The lowest BCUT2D eigenvalue weighted by Gasteiger charge is -2.23. The number of aliphatic hydroxyl groups is 1. The van der Waals surface area contributed by atoms with Crippen molar-refractivity contribution in [3.05, 3.63) is 70.7 Å². The van der Waals surface area contributed by atoms with E-state index in [2.05, 4.69) is 21.3 Å². The molecule has 0 spiro atoms. The fourth-order valence-corrected chi connectivity index (χ4v) is 4.56. The van der Waals surface area contributed by atoms with Gasteiger partial charge in [0.15, 0.2) is 5.82 Å². The highest BCUT2D eigenvalue weighted by atomic mass is 35.5. The highest BCUT2D eigenvalue weighted by molar-refractivity contribution is 6.69. The van der Waals surface area contributed by atoms with E-state index in [9.17, 15) is 5.11 Å². The summed E-state index contributed by atoms with van der Waals surface area (Å²) >= 11 is 6.08. The Hall–Kier alpha value is -3.49. The number of hydrogen-bond acceptors (Lipinski definition) is 8. The predicted octanol–water partition coefficient (Wildman–Crippen LogP) is 5.07. The Morgan fingerprint density at radius 1 is 1.24 bits per heavy atom. The van der Waals surface area contributed by atoms with Crippen LogP contribution in [0.4, 0.5) is 5.82 Å². The number of fused-ring (bicyclic) bond motifs is 1. The molecular weight excluding hydrogens is 488 g/mol. The molecule has 0 saturated heterocycles. The number of allylic oxidation sites excluding steroid dienone is 1. The van der Waals surface area contributed by atoms with Gasteiger partial charge in [0, 0.05) is 36.5 Å². The minimum atomic E-state index is -0.509. The monoisotopic (exact) mass is 520 g/mol. The lowest BCUT2D eigenvalue weighted by atomic mass is 10.1. The van der Waals surface area contributed by atoms with Crippen LogP contribution in [0.3, 0.4) is 0 Å². The molecule has 0 radical (unpaired) electrons. The Balaban J connectivity index is 1.79. The third-order valence-corrected chi connectivity index (χ3v) is 6.74. The van der Waals surface area contributed by atoms with Gasteiger partial charge in [0.25, 0.3) is 0 Å². The highest BCUT2D eigenvalue weighted by Gasteiger charge is 2.26. The highest BCUT2D eigenvalue weighted by Crippen LogP contribution is 2.34. The van der Waals surface area contributed by atoms with E-state index in [1.807, 2.05) is 50.4 Å². The summed E-state index contributed by atoms with van der Waals surface area (Å²) in [6, 6.07) is 11.6. The van der Waals surface area contributed by atoms with Crippen molar-refractivity contribution in [3.63, 3.8) is 0 Å². The first-order chi connectivity index (χ1) is 17.8. The molecule has 0 unspecified atom stereocenters. The topological polar surface area (TPSA) is 107 Å². The van der Waals surface area contributed by atoms with E-state index in [1.165, 1.54) is 5.56 Å². The van der Waals surface area contributed by atoms with Gasteiger partial charge >= 0.3 is 0 Å². The van der Waals surface area contributed by atoms with Crippen LogP contribution in [0, 0.1) is 12.3 Å². The van der Waals surface area contributed by atoms with Crippen LogP contribution in [0.1, 0.15) is 49.2 Å². The zero-order chi connectivity index (χ0) is 26.5. The maximum atomic E-state index is 10.1. The molecule has 194 valence electrons. The standard InChI is InChI=1S/C28H33ClN6O2/c1-5-8-21(36)16-37-22-11-6-9-19(13-22)27-33-25(24(31-4)17(2)26(29)30)18(3)28(34-27)35-14-20-10-7-12-32-23(20)15-35/h6-7,9-13,21,30-31,36H,5,8,14-16H2,1-4H3/b24-17-,30-26?/t21-/m1/s1. The van der Waals surface area contributed by atoms with Crippen molar-refractivity contribution < 1.29 is 9.84 Å². The number of anilines is 1. The number of pyridine rings is 1. The average molecular weight is 521 g/mol. The molecule has 8 nitrogen and oxygen atoms in total. The van der Waals surface area contributed by atoms with E-state index in [0.29, 0.717) is 48.0 Å². The van der Waals surface area contributed by atoms with E-state index in [0.717, 1.165) is 29.1 Å². The fourth-order valence-electron chi connectivity index (χ4n) is 4.46. The number of nitrogens with one attached hydrogen (secondary N) is 2. The number of benzene rings is 1. The maximum Gasteiger partial charge on any atom is 0.162 e. The molecule has 0 fully saturated rings. The predicted molar refractivity (Wildman–Crippen MR) is 148 cm³/mol. The number of hydrogen-bond donors (Lipinski definition) is 3. The van der Waals surface area contributed by atoms with Crippen LogP contribution in [0.2, 0.25) is 0 Å². The first kappa shape index (κ1) is 26.6. The number of aromatic nitrogens is 3. The molecule has 1 aromatic carbocycles. The van der Waals surface area contributed by atoms with E-state index in [1.54, 1.807) is 14.0 Å². The quantitative estimate of drug-likeness (QED) is 0.320. The summed E-state index contributed by atoms with van der Waals surface area (Å²) in [5.41, 5.74) is 5.82. The third-order valence-electron chi connectivity index (χ3n) is 6.45. The Bertz CT molecular complexity index is 1300. The maximum absolute atomic E-state index is 10.1. The Kier molecular flexibility index (Phi) is 8.41. The Morgan fingerprint density at radius 2 is 2.05 bits per heavy atom. The van der Waals surface area contributed by atoms with Gasteiger partial charge in [-0.25, -0.2) is 9.97 Å². The van der Waals surface area contributed by atoms with Crippen LogP contribution >= 0.6 is 11.6 Å². The van der Waals surface area contributed by atoms with Crippen molar-refractivity contribution in [1.29, 1.82) is 5.41 Å². The summed E-state index contributed by atoms with van der Waals surface area (Å²) in [6.07, 6.45) is 2.88. The van der Waals surface area contributed by atoms with E-state index in [-0.39, 0.29) is 11.8 Å². The van der Waals surface area contributed by atoms with Crippen LogP contribution in [-0.2, 0) is 13.1 Å². The van der Waals surface area contributed by atoms with Crippen molar-refractivity contribution in [3.8, 4) is 17.1 Å². The Labute approximate surface area is 222 Å². The first-order valence-electron chi connectivity index (χ1n) is 12.4. The number of rotatable bonds is 10. The largest absolute Gasteiger partial charge is 0.491 e. The third kappa shape index (κ3) is 5.92. The second kappa shape index (κ2) is 11.7. The molecule has 37 heavy (non-hydrogen) atoms.